The number of hydrogen-bond acceptors (Lipinski definition) is 4. The molecule has 2 aromatic carbocycles. The highest BCUT2D eigenvalue weighted by Gasteiger charge is 2.21. The van der Waals surface area contributed by atoms with Crippen LogP contribution in [0.25, 0.3) is 5.69 Å². The van der Waals surface area contributed by atoms with Crippen LogP contribution in [0.2, 0.25) is 0 Å². The van der Waals surface area contributed by atoms with Crippen LogP contribution in [0.3, 0.4) is 0 Å². The monoisotopic (exact) mass is 365 g/mol. The molecule has 0 radical (unpaired) electrons. The average Bonchev–Trinajstić information content (AvgIpc) is 3.17. The van der Waals surface area contributed by atoms with E-state index in [1.807, 2.05) is 61.5 Å². The maximum Gasteiger partial charge on any atom is 0.276 e. The highest BCUT2D eigenvalue weighted by Crippen LogP contribution is 2.23. The molecular formula is C21H23N3O3. The molecule has 0 aliphatic carbocycles. The molecule has 0 saturated heterocycles. The Morgan fingerprint density at radius 2 is 1.78 bits per heavy atom. The lowest BCUT2D eigenvalue weighted by molar-refractivity contribution is 0.0927. The minimum atomic E-state index is -0.274. The van der Waals surface area contributed by atoms with E-state index in [1.165, 1.54) is 7.11 Å². The number of ether oxygens (including phenoxy) is 2. The molecule has 0 aliphatic rings. The average molecular weight is 365 g/mol. The molecule has 6 nitrogen and oxygen atoms in total. The second-order valence-corrected chi connectivity index (χ2v) is 6.03. The van der Waals surface area contributed by atoms with Gasteiger partial charge in [0, 0.05) is 0 Å². The van der Waals surface area contributed by atoms with Crippen molar-refractivity contribution in [1.29, 1.82) is 0 Å². The molecular weight excluding hydrogens is 342 g/mol. The zero-order chi connectivity index (χ0) is 19.2. The van der Waals surface area contributed by atoms with Gasteiger partial charge in [0.05, 0.1) is 32.1 Å². The van der Waals surface area contributed by atoms with Crippen molar-refractivity contribution in [1.82, 2.24) is 15.1 Å². The summed E-state index contributed by atoms with van der Waals surface area (Å²) in [6.07, 6.45) is 2.46. The fourth-order valence-corrected chi connectivity index (χ4v) is 2.86. The van der Waals surface area contributed by atoms with Crippen molar-refractivity contribution in [2.45, 2.75) is 19.4 Å². The summed E-state index contributed by atoms with van der Waals surface area (Å²) in [5.41, 5.74) is 2.12. The minimum Gasteiger partial charge on any atom is -0.497 e. The van der Waals surface area contributed by atoms with Crippen molar-refractivity contribution < 1.29 is 14.3 Å². The van der Waals surface area contributed by atoms with E-state index in [4.69, 9.17) is 9.47 Å². The highest BCUT2D eigenvalue weighted by atomic mass is 16.5. The first-order valence-electron chi connectivity index (χ1n) is 8.80. The zero-order valence-electron chi connectivity index (χ0n) is 15.7. The Kier molecular flexibility index (Phi) is 5.76. The number of nitrogens with zero attached hydrogens (tertiary/aromatic N) is 2. The van der Waals surface area contributed by atoms with Crippen molar-refractivity contribution in [2.75, 3.05) is 14.2 Å². The molecule has 0 unspecified atom stereocenters. The Morgan fingerprint density at radius 1 is 1.07 bits per heavy atom. The summed E-state index contributed by atoms with van der Waals surface area (Å²) < 4.78 is 12.2. The number of methoxy groups -OCH3 is 2. The van der Waals surface area contributed by atoms with Crippen LogP contribution < -0.4 is 14.8 Å². The lowest BCUT2D eigenvalue weighted by Gasteiger charge is -2.17. The molecule has 1 atom stereocenters. The molecule has 3 aromatic rings. The third-order valence-electron chi connectivity index (χ3n) is 4.37. The largest absolute Gasteiger partial charge is 0.497 e. The van der Waals surface area contributed by atoms with Crippen molar-refractivity contribution in [3.05, 3.63) is 72.1 Å². The van der Waals surface area contributed by atoms with E-state index in [0.29, 0.717) is 5.75 Å². The zero-order valence-corrected chi connectivity index (χ0v) is 15.7. The second-order valence-electron chi connectivity index (χ2n) is 6.03. The highest BCUT2D eigenvalue weighted by molar-refractivity contribution is 5.95. The third-order valence-corrected chi connectivity index (χ3v) is 4.37. The first-order valence-corrected chi connectivity index (χ1v) is 8.80. The molecule has 3 rings (SSSR count). The van der Waals surface area contributed by atoms with Gasteiger partial charge in [-0.3, -0.25) is 4.79 Å². The van der Waals surface area contributed by atoms with Crippen molar-refractivity contribution in [3.63, 3.8) is 0 Å². The van der Waals surface area contributed by atoms with Crippen LogP contribution in [0.4, 0.5) is 0 Å². The first-order chi connectivity index (χ1) is 13.2. The number of benzene rings is 2. The molecule has 140 valence electrons. The summed E-state index contributed by atoms with van der Waals surface area (Å²) in [4.78, 5) is 12.8. The number of rotatable bonds is 7. The Balaban J connectivity index is 1.82. The van der Waals surface area contributed by atoms with E-state index in [9.17, 15) is 4.79 Å². The Bertz CT molecular complexity index is 889. The van der Waals surface area contributed by atoms with E-state index >= 15 is 0 Å². The Hall–Kier alpha value is -3.28. The molecule has 1 heterocycles. The fourth-order valence-electron chi connectivity index (χ4n) is 2.86. The normalized spacial score (nSPS) is 11.7. The van der Waals surface area contributed by atoms with Crippen LogP contribution in [0.5, 0.6) is 11.5 Å². The van der Waals surface area contributed by atoms with Gasteiger partial charge in [-0.05, 0) is 36.2 Å². The van der Waals surface area contributed by atoms with Crippen molar-refractivity contribution in [2.24, 2.45) is 0 Å². The van der Waals surface area contributed by atoms with Crippen LogP contribution in [0, 0.1) is 0 Å². The molecule has 0 saturated carbocycles. The molecule has 6 heteroatoms. The Morgan fingerprint density at radius 3 is 2.37 bits per heavy atom. The van der Waals surface area contributed by atoms with Gasteiger partial charge in [-0.1, -0.05) is 37.3 Å². The van der Waals surface area contributed by atoms with Gasteiger partial charge in [-0.2, -0.15) is 5.10 Å². The van der Waals surface area contributed by atoms with Gasteiger partial charge >= 0.3 is 0 Å². The SMILES string of the molecule is CC[C@@H](NC(=O)c1nn(-c2ccccc2)cc1OC)c1ccc(OC)cc1. The number of amides is 1. The predicted molar refractivity (Wildman–Crippen MR) is 104 cm³/mol. The van der Waals surface area contributed by atoms with Crippen molar-refractivity contribution >= 4 is 5.91 Å². The molecule has 1 N–H and O–H groups in total. The molecule has 1 aromatic heterocycles. The summed E-state index contributed by atoms with van der Waals surface area (Å²) in [6.45, 7) is 2.02. The maximum absolute atomic E-state index is 12.8. The number of carbonyl (C=O) groups is 1. The lowest BCUT2D eigenvalue weighted by Crippen LogP contribution is -2.29. The van der Waals surface area contributed by atoms with E-state index < -0.39 is 0 Å². The van der Waals surface area contributed by atoms with Crippen LogP contribution in [-0.2, 0) is 0 Å². The second kappa shape index (κ2) is 8.40. The predicted octanol–water partition coefficient (Wildman–Crippen LogP) is 3.77. The number of para-hydroxylation sites is 1. The van der Waals surface area contributed by atoms with Gasteiger partial charge < -0.3 is 14.8 Å². The van der Waals surface area contributed by atoms with E-state index in [1.54, 1.807) is 18.0 Å². The van der Waals surface area contributed by atoms with Crippen LogP contribution >= 0.6 is 0 Å². The summed E-state index contributed by atoms with van der Waals surface area (Å²) in [6, 6.07) is 17.1. The van der Waals surface area contributed by atoms with Gasteiger partial charge in [-0.25, -0.2) is 4.68 Å². The summed E-state index contributed by atoms with van der Waals surface area (Å²) in [7, 11) is 3.16. The smallest absolute Gasteiger partial charge is 0.276 e. The van der Waals surface area contributed by atoms with E-state index in [-0.39, 0.29) is 17.6 Å². The summed E-state index contributed by atoms with van der Waals surface area (Å²) >= 11 is 0. The van der Waals surface area contributed by atoms with E-state index in [2.05, 4.69) is 10.4 Å². The van der Waals surface area contributed by atoms with Crippen LogP contribution in [-0.4, -0.2) is 29.9 Å². The molecule has 0 bridgehead atoms. The third kappa shape index (κ3) is 4.11. The molecule has 0 fully saturated rings. The van der Waals surface area contributed by atoms with Gasteiger partial charge in [0.1, 0.15) is 5.75 Å². The van der Waals surface area contributed by atoms with Gasteiger partial charge in [-0.15, -0.1) is 0 Å². The maximum atomic E-state index is 12.8. The van der Waals surface area contributed by atoms with Crippen molar-refractivity contribution in [3.8, 4) is 17.2 Å². The molecule has 1 amide bonds. The molecule has 0 aliphatic heterocycles. The fraction of sp³-hybridized carbons (Fsp3) is 0.238. The first kappa shape index (κ1) is 18.5. The topological polar surface area (TPSA) is 65.4 Å². The van der Waals surface area contributed by atoms with Gasteiger partial charge in [0.15, 0.2) is 11.4 Å². The van der Waals surface area contributed by atoms with Crippen LogP contribution in [0.15, 0.2) is 60.8 Å². The van der Waals surface area contributed by atoms with Gasteiger partial charge in [0.2, 0.25) is 0 Å². The summed E-state index contributed by atoms with van der Waals surface area (Å²) in [5.74, 6) is 0.938. The summed E-state index contributed by atoms with van der Waals surface area (Å²) in [5, 5.41) is 7.46. The number of nitrogens with one attached hydrogen (secondary N) is 1. The molecule has 27 heavy (non-hydrogen) atoms. The minimum absolute atomic E-state index is 0.130. The number of hydrogen-bond donors (Lipinski definition) is 1. The number of aromatic nitrogens is 2. The van der Waals surface area contributed by atoms with Crippen LogP contribution in [0.1, 0.15) is 35.4 Å². The number of carbonyl (C=O) groups excluding carboxylic acids is 1. The Labute approximate surface area is 158 Å². The lowest BCUT2D eigenvalue weighted by atomic mass is 10.0. The quantitative estimate of drug-likeness (QED) is 0.692. The molecule has 0 spiro atoms. The van der Waals surface area contributed by atoms with E-state index in [0.717, 1.165) is 23.4 Å². The standard InChI is InChI=1S/C21H23N3O3/c1-4-18(15-10-12-17(26-2)13-11-15)22-21(25)20-19(27-3)14-24(23-20)16-8-6-5-7-9-16/h5-14,18H,4H2,1-3H3,(H,22,25)/t18-/m1/s1. The van der Waals surface area contributed by atoms with Gasteiger partial charge in [0.25, 0.3) is 5.91 Å².